The Kier molecular flexibility index (Phi) is 11.5. The van der Waals surface area contributed by atoms with Crippen LogP contribution in [0.3, 0.4) is 0 Å². The average Bonchev–Trinajstić information content (AvgIpc) is 2.43. The van der Waals surface area contributed by atoms with Crippen LogP contribution in [0.5, 0.6) is 0 Å². The van der Waals surface area contributed by atoms with Gasteiger partial charge in [-0.15, -0.1) is 0 Å². The molecule has 0 aliphatic rings. The molecule has 122 valence electrons. The van der Waals surface area contributed by atoms with Crippen molar-refractivity contribution in [3.8, 4) is 0 Å². The molecule has 0 aromatic heterocycles. The molecule has 0 rings (SSSR count). The summed E-state index contributed by atoms with van der Waals surface area (Å²) in [5, 5.41) is 10.5. The van der Waals surface area contributed by atoms with Crippen molar-refractivity contribution in [1.29, 1.82) is 0 Å². The smallest absolute Gasteiger partial charge is 0.113 e. The van der Waals surface area contributed by atoms with Crippen LogP contribution in [0.2, 0.25) is 0 Å². The van der Waals surface area contributed by atoms with Crippen molar-refractivity contribution in [2.45, 2.75) is 104 Å². The van der Waals surface area contributed by atoms with Gasteiger partial charge in [0, 0.05) is 0 Å². The number of aliphatic hydroxyl groups is 1. The van der Waals surface area contributed by atoms with Gasteiger partial charge < -0.3 is 10.8 Å². The van der Waals surface area contributed by atoms with E-state index >= 15 is 0 Å². The molecule has 2 nitrogen and oxygen atoms in total. The lowest BCUT2D eigenvalue weighted by Crippen LogP contribution is -2.41. The molecule has 0 aliphatic heterocycles. The Morgan fingerprint density at radius 3 is 1.80 bits per heavy atom. The summed E-state index contributed by atoms with van der Waals surface area (Å²) in [7, 11) is 0. The fourth-order valence-corrected chi connectivity index (χ4v) is 3.04. The molecule has 0 aromatic rings. The third-order valence-electron chi connectivity index (χ3n) is 4.71. The van der Waals surface area contributed by atoms with Gasteiger partial charge in [0.1, 0.15) is 5.72 Å². The number of hydrogen-bond donors (Lipinski definition) is 2. The van der Waals surface area contributed by atoms with E-state index in [0.717, 1.165) is 31.6 Å². The third-order valence-corrected chi connectivity index (χ3v) is 4.71. The van der Waals surface area contributed by atoms with Crippen molar-refractivity contribution < 1.29 is 5.11 Å². The molecule has 0 saturated carbocycles. The minimum atomic E-state index is -0.950. The normalized spacial score (nSPS) is 17.7. The highest BCUT2D eigenvalue weighted by Gasteiger charge is 2.25. The van der Waals surface area contributed by atoms with Gasteiger partial charge in [-0.3, -0.25) is 0 Å². The summed E-state index contributed by atoms with van der Waals surface area (Å²) >= 11 is 0. The SMILES string of the molecule is CCCCC(CC)CCC(N)(O)CC(CC)CCCC. The molecule has 0 spiro atoms. The van der Waals surface area contributed by atoms with E-state index in [4.69, 9.17) is 5.73 Å². The number of rotatable bonds is 13. The molecule has 2 heteroatoms. The molecule has 0 fully saturated rings. The highest BCUT2D eigenvalue weighted by atomic mass is 16.3. The largest absolute Gasteiger partial charge is 0.376 e. The quantitative estimate of drug-likeness (QED) is 0.455. The lowest BCUT2D eigenvalue weighted by atomic mass is 9.85. The zero-order valence-electron chi connectivity index (χ0n) is 14.5. The van der Waals surface area contributed by atoms with Gasteiger partial charge in [0.05, 0.1) is 0 Å². The van der Waals surface area contributed by atoms with Crippen LogP contribution in [0.25, 0.3) is 0 Å². The number of hydrogen-bond acceptors (Lipinski definition) is 2. The van der Waals surface area contributed by atoms with Gasteiger partial charge in [-0.25, -0.2) is 0 Å². The lowest BCUT2D eigenvalue weighted by molar-refractivity contribution is 0.00496. The van der Waals surface area contributed by atoms with Crippen LogP contribution < -0.4 is 5.73 Å². The molecule has 0 saturated heterocycles. The van der Waals surface area contributed by atoms with Crippen molar-refractivity contribution in [2.75, 3.05) is 0 Å². The first-order valence-electron chi connectivity index (χ1n) is 9.00. The average molecular weight is 286 g/mol. The molecular formula is C18H39NO. The van der Waals surface area contributed by atoms with Gasteiger partial charge in [-0.05, 0) is 31.1 Å². The van der Waals surface area contributed by atoms with Crippen molar-refractivity contribution in [3.63, 3.8) is 0 Å². The van der Waals surface area contributed by atoms with Crippen molar-refractivity contribution in [3.05, 3.63) is 0 Å². The Balaban J connectivity index is 4.13. The van der Waals surface area contributed by atoms with Crippen LogP contribution in [0, 0.1) is 11.8 Å². The summed E-state index contributed by atoms with van der Waals surface area (Å²) in [6, 6.07) is 0. The van der Waals surface area contributed by atoms with Crippen LogP contribution in [-0.2, 0) is 0 Å². The van der Waals surface area contributed by atoms with Gasteiger partial charge >= 0.3 is 0 Å². The molecule has 3 unspecified atom stereocenters. The van der Waals surface area contributed by atoms with Gasteiger partial charge in [0.25, 0.3) is 0 Å². The van der Waals surface area contributed by atoms with E-state index in [1.807, 2.05) is 0 Å². The summed E-state index contributed by atoms with van der Waals surface area (Å²) in [5.41, 5.74) is 5.20. The first-order chi connectivity index (χ1) is 9.49. The number of unbranched alkanes of at least 4 members (excludes halogenated alkanes) is 2. The van der Waals surface area contributed by atoms with E-state index in [9.17, 15) is 5.11 Å². The maximum atomic E-state index is 10.5. The molecule has 3 atom stereocenters. The minimum absolute atomic E-state index is 0.584. The first-order valence-corrected chi connectivity index (χ1v) is 9.00. The second-order valence-electron chi connectivity index (χ2n) is 6.68. The van der Waals surface area contributed by atoms with E-state index in [1.165, 1.54) is 44.9 Å². The molecule has 20 heavy (non-hydrogen) atoms. The third kappa shape index (κ3) is 9.77. The van der Waals surface area contributed by atoms with Gasteiger partial charge in [-0.2, -0.15) is 0 Å². The Hall–Kier alpha value is -0.0800. The zero-order chi connectivity index (χ0) is 15.4. The van der Waals surface area contributed by atoms with Gasteiger partial charge in [-0.1, -0.05) is 79.1 Å². The van der Waals surface area contributed by atoms with Crippen LogP contribution in [0.15, 0.2) is 0 Å². The molecular weight excluding hydrogens is 246 g/mol. The fraction of sp³-hybridized carbons (Fsp3) is 1.00. The lowest BCUT2D eigenvalue weighted by Gasteiger charge is -2.29. The van der Waals surface area contributed by atoms with E-state index in [1.54, 1.807) is 0 Å². The first kappa shape index (κ1) is 19.9. The summed E-state index contributed by atoms with van der Waals surface area (Å²) in [6.45, 7) is 8.94. The number of nitrogens with two attached hydrogens (primary N) is 1. The standard InChI is InChI=1S/C18H39NO/c1-5-9-11-16(7-3)13-14-18(19,20)15-17(8-4)12-10-6-2/h16-17,20H,5-15,19H2,1-4H3. The predicted octanol–water partition coefficient (Wildman–Crippen LogP) is 5.24. The molecule has 0 aromatic carbocycles. The Morgan fingerprint density at radius 2 is 1.35 bits per heavy atom. The van der Waals surface area contributed by atoms with Crippen LogP contribution in [0.4, 0.5) is 0 Å². The molecule has 0 heterocycles. The van der Waals surface area contributed by atoms with Gasteiger partial charge in [0.2, 0.25) is 0 Å². The van der Waals surface area contributed by atoms with E-state index in [0.29, 0.717) is 5.92 Å². The molecule has 0 amide bonds. The topological polar surface area (TPSA) is 46.2 Å². The van der Waals surface area contributed by atoms with Crippen molar-refractivity contribution in [1.82, 2.24) is 0 Å². The second kappa shape index (κ2) is 11.6. The van der Waals surface area contributed by atoms with E-state index < -0.39 is 5.72 Å². The van der Waals surface area contributed by atoms with Gasteiger partial charge in [0.15, 0.2) is 0 Å². The second-order valence-corrected chi connectivity index (χ2v) is 6.68. The predicted molar refractivity (Wildman–Crippen MR) is 89.6 cm³/mol. The Labute approximate surface area is 127 Å². The monoisotopic (exact) mass is 285 g/mol. The van der Waals surface area contributed by atoms with Crippen molar-refractivity contribution in [2.24, 2.45) is 17.6 Å². The molecule has 0 bridgehead atoms. The Morgan fingerprint density at radius 1 is 0.850 bits per heavy atom. The molecule has 3 N–H and O–H groups in total. The van der Waals surface area contributed by atoms with Crippen LogP contribution >= 0.6 is 0 Å². The molecule has 0 aliphatic carbocycles. The van der Waals surface area contributed by atoms with E-state index in [2.05, 4.69) is 27.7 Å². The highest BCUT2D eigenvalue weighted by Crippen LogP contribution is 2.27. The Bertz CT molecular complexity index is 215. The van der Waals surface area contributed by atoms with Crippen molar-refractivity contribution >= 4 is 0 Å². The van der Waals surface area contributed by atoms with Crippen LogP contribution in [-0.4, -0.2) is 10.8 Å². The maximum absolute atomic E-state index is 10.5. The summed E-state index contributed by atoms with van der Waals surface area (Å²) in [4.78, 5) is 0. The zero-order valence-corrected chi connectivity index (χ0v) is 14.5. The van der Waals surface area contributed by atoms with Crippen LogP contribution in [0.1, 0.15) is 98.3 Å². The summed E-state index contributed by atoms with van der Waals surface area (Å²) in [6.07, 6.45) is 12.5. The fourth-order valence-electron chi connectivity index (χ4n) is 3.04. The summed E-state index contributed by atoms with van der Waals surface area (Å²) in [5.74, 6) is 1.32. The highest BCUT2D eigenvalue weighted by molar-refractivity contribution is 4.76. The minimum Gasteiger partial charge on any atom is -0.376 e. The summed E-state index contributed by atoms with van der Waals surface area (Å²) < 4.78 is 0. The molecule has 0 radical (unpaired) electrons. The van der Waals surface area contributed by atoms with E-state index in [-0.39, 0.29) is 0 Å². The maximum Gasteiger partial charge on any atom is 0.113 e.